The molecule has 2 aromatic heterocycles. The molecule has 0 aliphatic carbocycles. The van der Waals surface area contributed by atoms with Crippen LogP contribution in [0.5, 0.6) is 5.75 Å². The van der Waals surface area contributed by atoms with E-state index in [4.69, 9.17) is 15.2 Å². The number of esters is 1. The van der Waals surface area contributed by atoms with E-state index in [1.807, 2.05) is 37.4 Å². The fourth-order valence-corrected chi connectivity index (χ4v) is 2.72. The van der Waals surface area contributed by atoms with Gasteiger partial charge in [-0.25, -0.2) is 4.79 Å². The molecule has 0 spiro atoms. The fraction of sp³-hybridized carbons (Fsp3) is 0.211. The molecule has 0 aliphatic rings. The van der Waals surface area contributed by atoms with Gasteiger partial charge in [0, 0.05) is 12.4 Å². The van der Waals surface area contributed by atoms with Crippen molar-refractivity contribution >= 4 is 11.7 Å². The van der Waals surface area contributed by atoms with E-state index in [1.54, 1.807) is 16.8 Å². The highest BCUT2D eigenvalue weighted by atomic mass is 16.5. The third-order valence-corrected chi connectivity index (χ3v) is 4.02. The first kappa shape index (κ1) is 18.1. The van der Waals surface area contributed by atoms with Crippen molar-refractivity contribution in [1.29, 1.82) is 5.26 Å². The maximum atomic E-state index is 12.2. The van der Waals surface area contributed by atoms with Gasteiger partial charge >= 0.3 is 5.97 Å². The number of nitrogen functional groups attached to an aromatic ring is 1. The number of hydrogen-bond donors (Lipinski definition) is 1. The number of nitrogens with zero attached hydrogens (tertiary/aromatic N) is 4. The molecule has 2 heterocycles. The summed E-state index contributed by atoms with van der Waals surface area (Å²) in [7, 11) is 1.26. The van der Waals surface area contributed by atoms with E-state index < -0.39 is 5.97 Å². The summed E-state index contributed by atoms with van der Waals surface area (Å²) >= 11 is 0. The zero-order chi connectivity index (χ0) is 19.4. The minimum absolute atomic E-state index is 0.0752. The number of nitriles is 1. The second-order valence-corrected chi connectivity index (χ2v) is 5.81. The second kappa shape index (κ2) is 7.66. The van der Waals surface area contributed by atoms with E-state index in [9.17, 15) is 10.1 Å². The highest BCUT2D eigenvalue weighted by Crippen LogP contribution is 2.30. The van der Waals surface area contributed by atoms with Crippen molar-refractivity contribution in [2.24, 2.45) is 0 Å². The molecule has 0 atom stereocenters. The third-order valence-electron chi connectivity index (χ3n) is 4.02. The normalized spacial score (nSPS) is 10.4. The second-order valence-electron chi connectivity index (χ2n) is 5.81. The minimum Gasteiger partial charge on any atom is -0.489 e. The van der Waals surface area contributed by atoms with Gasteiger partial charge in [-0.05, 0) is 25.1 Å². The predicted molar refractivity (Wildman–Crippen MR) is 98.7 cm³/mol. The Morgan fingerprint density at radius 2 is 2.11 bits per heavy atom. The Morgan fingerprint density at radius 1 is 1.33 bits per heavy atom. The molecule has 0 saturated heterocycles. The minimum atomic E-state index is -0.629. The SMILES string of the molecule is COC(=O)c1c(N)c(C#N)cn1-c1ccccc1OCCn1ccc(C)n1. The van der Waals surface area contributed by atoms with E-state index in [0.29, 0.717) is 24.6 Å². The van der Waals surface area contributed by atoms with Crippen LogP contribution in [-0.4, -0.2) is 34.0 Å². The lowest BCUT2D eigenvalue weighted by molar-refractivity contribution is 0.0593. The summed E-state index contributed by atoms with van der Waals surface area (Å²) in [5, 5.41) is 13.6. The monoisotopic (exact) mass is 365 g/mol. The summed E-state index contributed by atoms with van der Waals surface area (Å²) in [6.45, 7) is 2.88. The van der Waals surface area contributed by atoms with Crippen molar-refractivity contribution in [3.05, 3.63) is 59.7 Å². The van der Waals surface area contributed by atoms with E-state index in [2.05, 4.69) is 5.10 Å². The Bertz CT molecular complexity index is 1010. The van der Waals surface area contributed by atoms with Crippen LogP contribution in [0, 0.1) is 18.3 Å². The van der Waals surface area contributed by atoms with Gasteiger partial charge in [-0.3, -0.25) is 4.68 Å². The number of para-hydroxylation sites is 2. The molecular weight excluding hydrogens is 346 g/mol. The molecule has 3 aromatic rings. The van der Waals surface area contributed by atoms with Gasteiger partial charge in [0.2, 0.25) is 0 Å². The molecule has 138 valence electrons. The Balaban J connectivity index is 1.92. The summed E-state index contributed by atoms with van der Waals surface area (Å²) < 4.78 is 14.0. The van der Waals surface area contributed by atoms with Crippen molar-refractivity contribution in [3.8, 4) is 17.5 Å². The molecule has 8 heteroatoms. The molecule has 0 unspecified atom stereocenters. The van der Waals surface area contributed by atoms with Crippen LogP contribution in [0.25, 0.3) is 5.69 Å². The van der Waals surface area contributed by atoms with Gasteiger partial charge in [0.25, 0.3) is 0 Å². The van der Waals surface area contributed by atoms with Gasteiger partial charge in [0.15, 0.2) is 5.69 Å². The van der Waals surface area contributed by atoms with Gasteiger partial charge in [-0.1, -0.05) is 12.1 Å². The van der Waals surface area contributed by atoms with Crippen LogP contribution in [0.2, 0.25) is 0 Å². The molecule has 8 nitrogen and oxygen atoms in total. The van der Waals surface area contributed by atoms with E-state index in [-0.39, 0.29) is 16.9 Å². The number of methoxy groups -OCH3 is 1. The number of benzene rings is 1. The number of rotatable bonds is 6. The summed E-state index contributed by atoms with van der Waals surface area (Å²) in [6, 6.07) is 11.1. The van der Waals surface area contributed by atoms with Crippen LogP contribution in [0.15, 0.2) is 42.7 Å². The molecule has 3 rings (SSSR count). The molecule has 0 bridgehead atoms. The summed E-state index contributed by atoms with van der Waals surface area (Å²) in [6.07, 6.45) is 3.38. The molecule has 0 saturated carbocycles. The molecule has 0 fully saturated rings. The molecule has 0 amide bonds. The lowest BCUT2D eigenvalue weighted by atomic mass is 10.2. The van der Waals surface area contributed by atoms with Crippen LogP contribution >= 0.6 is 0 Å². The largest absolute Gasteiger partial charge is 0.489 e. The number of nitrogens with two attached hydrogens (primary N) is 1. The average molecular weight is 365 g/mol. The highest BCUT2D eigenvalue weighted by molar-refractivity contribution is 5.96. The number of ether oxygens (including phenoxy) is 2. The van der Waals surface area contributed by atoms with Crippen LogP contribution in [0.4, 0.5) is 5.69 Å². The first-order valence-electron chi connectivity index (χ1n) is 8.26. The summed E-state index contributed by atoms with van der Waals surface area (Å²) in [5.74, 6) is -0.0816. The van der Waals surface area contributed by atoms with Crippen LogP contribution < -0.4 is 10.5 Å². The standard InChI is InChI=1S/C19H19N5O3/c1-13-7-8-23(22-13)9-10-27-16-6-4-3-5-15(16)24-12-14(11-20)17(21)18(24)19(25)26-2/h3-8,12H,9-10,21H2,1-2H3. The Labute approximate surface area is 156 Å². The van der Waals surface area contributed by atoms with Crippen molar-refractivity contribution in [1.82, 2.24) is 14.3 Å². The zero-order valence-electron chi connectivity index (χ0n) is 15.0. The molecule has 0 aliphatic heterocycles. The number of aromatic nitrogens is 3. The quantitative estimate of drug-likeness (QED) is 0.672. The Kier molecular flexibility index (Phi) is 5.13. The maximum Gasteiger partial charge on any atom is 0.357 e. The first-order valence-corrected chi connectivity index (χ1v) is 8.26. The van der Waals surface area contributed by atoms with Crippen molar-refractivity contribution in [3.63, 3.8) is 0 Å². The smallest absolute Gasteiger partial charge is 0.357 e. The van der Waals surface area contributed by atoms with Crippen molar-refractivity contribution in [2.45, 2.75) is 13.5 Å². The maximum absolute atomic E-state index is 12.2. The summed E-state index contributed by atoms with van der Waals surface area (Å²) in [5.41, 5.74) is 7.84. The van der Waals surface area contributed by atoms with Crippen LogP contribution in [0.1, 0.15) is 21.7 Å². The van der Waals surface area contributed by atoms with Gasteiger partial charge < -0.3 is 19.8 Å². The Hall–Kier alpha value is -3.73. The highest BCUT2D eigenvalue weighted by Gasteiger charge is 2.23. The molecule has 1 aromatic carbocycles. The van der Waals surface area contributed by atoms with Gasteiger partial charge in [-0.15, -0.1) is 0 Å². The molecule has 27 heavy (non-hydrogen) atoms. The third kappa shape index (κ3) is 3.62. The average Bonchev–Trinajstić information content (AvgIpc) is 3.24. The predicted octanol–water partition coefficient (Wildman–Crippen LogP) is 2.30. The van der Waals surface area contributed by atoms with Crippen molar-refractivity contribution in [2.75, 3.05) is 19.5 Å². The number of aryl methyl sites for hydroxylation is 1. The first-order chi connectivity index (χ1) is 13.0. The molecule has 0 radical (unpaired) electrons. The lowest BCUT2D eigenvalue weighted by Crippen LogP contribution is -2.13. The lowest BCUT2D eigenvalue weighted by Gasteiger charge is -2.14. The van der Waals surface area contributed by atoms with Crippen LogP contribution in [0.3, 0.4) is 0 Å². The van der Waals surface area contributed by atoms with E-state index >= 15 is 0 Å². The molecule has 2 N–H and O–H groups in total. The zero-order valence-corrected chi connectivity index (χ0v) is 15.0. The van der Waals surface area contributed by atoms with Crippen molar-refractivity contribution < 1.29 is 14.3 Å². The number of carbonyl (C=O) groups excluding carboxylic acids is 1. The number of hydrogen-bond acceptors (Lipinski definition) is 6. The fourth-order valence-electron chi connectivity index (χ4n) is 2.72. The van der Waals surface area contributed by atoms with E-state index in [1.165, 1.54) is 17.9 Å². The number of carbonyl (C=O) groups is 1. The molecular formula is C19H19N5O3. The van der Waals surface area contributed by atoms with Gasteiger partial charge in [-0.2, -0.15) is 10.4 Å². The number of anilines is 1. The van der Waals surface area contributed by atoms with Gasteiger partial charge in [0.1, 0.15) is 18.4 Å². The topological polar surface area (TPSA) is 108 Å². The Morgan fingerprint density at radius 3 is 2.78 bits per heavy atom. The van der Waals surface area contributed by atoms with Gasteiger partial charge in [0.05, 0.1) is 36.3 Å². The van der Waals surface area contributed by atoms with E-state index in [0.717, 1.165) is 5.69 Å². The summed E-state index contributed by atoms with van der Waals surface area (Å²) in [4.78, 5) is 12.2. The van der Waals surface area contributed by atoms with Crippen LogP contribution in [-0.2, 0) is 11.3 Å².